The Bertz CT molecular complexity index is 399. The summed E-state index contributed by atoms with van der Waals surface area (Å²) in [4.78, 5) is 30.2. The predicted molar refractivity (Wildman–Crippen MR) is 60.0 cm³/mol. The number of benzene rings is 1. The molecule has 98 valence electrons. The zero-order valence-corrected chi connectivity index (χ0v) is 13.8. The largest absolute Gasteiger partial charge is 1.00 e. The summed E-state index contributed by atoms with van der Waals surface area (Å²) in [7, 11) is 0. The summed E-state index contributed by atoms with van der Waals surface area (Å²) in [6, 6.07) is 9.15. The maximum Gasteiger partial charge on any atom is 1.00 e. The van der Waals surface area contributed by atoms with Gasteiger partial charge in [0.15, 0.2) is 0 Å². The second kappa shape index (κ2) is 11.1. The molecule has 0 heterocycles. The zero-order chi connectivity index (χ0) is 14.1. The molecule has 0 aromatic heterocycles. The van der Waals surface area contributed by atoms with Crippen molar-refractivity contribution < 1.29 is 81.1 Å². The van der Waals surface area contributed by atoms with Gasteiger partial charge in [0.05, 0.1) is 0 Å². The van der Waals surface area contributed by atoms with Gasteiger partial charge in [-0.25, -0.2) is 0 Å². The SMILES string of the molecule is CC(=O)C(Cc1ccccc1)C(=O)O.O=C([O-])O.[K+]. The Kier molecular flexibility index (Phi) is 12.0. The molecule has 0 fully saturated rings. The maximum atomic E-state index is 11.0. The fourth-order valence-corrected chi connectivity index (χ4v) is 1.25. The Morgan fingerprint density at radius 1 is 1.16 bits per heavy atom. The van der Waals surface area contributed by atoms with Gasteiger partial charge in [-0.05, 0) is 18.9 Å². The number of carbonyl (C=O) groups excluding carboxylic acids is 1. The van der Waals surface area contributed by atoms with Crippen LogP contribution in [0, 0.1) is 5.92 Å². The average molecular weight is 292 g/mol. The molecule has 7 heteroatoms. The van der Waals surface area contributed by atoms with Gasteiger partial charge in [0, 0.05) is 0 Å². The molecule has 0 spiro atoms. The third kappa shape index (κ3) is 10.8. The second-order valence-corrected chi connectivity index (χ2v) is 3.46. The standard InChI is InChI=1S/C11H12O3.CH2O3.K/c1-8(12)10(11(13)14)7-9-5-3-2-4-6-9;2-1(3)4;/h2-6,10H,7H2,1H3,(H,13,14);(H2,2,3,4);/q;;+1/p-1. The van der Waals surface area contributed by atoms with Gasteiger partial charge in [-0.1, -0.05) is 30.3 Å². The van der Waals surface area contributed by atoms with Crippen LogP contribution in [0.3, 0.4) is 0 Å². The van der Waals surface area contributed by atoms with Gasteiger partial charge in [0.1, 0.15) is 11.7 Å². The van der Waals surface area contributed by atoms with E-state index in [1.165, 1.54) is 6.92 Å². The maximum absolute atomic E-state index is 11.0. The van der Waals surface area contributed by atoms with E-state index >= 15 is 0 Å². The first-order valence-corrected chi connectivity index (χ1v) is 5.01. The minimum Gasteiger partial charge on any atom is -0.565 e. The molecule has 1 aromatic carbocycles. The van der Waals surface area contributed by atoms with E-state index in [1.54, 1.807) is 0 Å². The van der Waals surface area contributed by atoms with E-state index in [9.17, 15) is 9.59 Å². The van der Waals surface area contributed by atoms with Crippen molar-refractivity contribution in [2.75, 3.05) is 0 Å². The first-order chi connectivity index (χ1) is 8.34. The summed E-state index contributed by atoms with van der Waals surface area (Å²) in [5.74, 6) is -2.28. The molecular formula is C12H13KO6. The number of hydrogen-bond acceptors (Lipinski definition) is 4. The van der Waals surface area contributed by atoms with E-state index in [2.05, 4.69) is 0 Å². The molecule has 0 bridgehead atoms. The number of aliphatic carboxylic acids is 1. The Balaban J connectivity index is 0. The molecule has 0 radical (unpaired) electrons. The summed E-state index contributed by atoms with van der Waals surface area (Å²) >= 11 is 0. The quantitative estimate of drug-likeness (QED) is 0.465. The van der Waals surface area contributed by atoms with Crippen LogP contribution in [0.15, 0.2) is 30.3 Å². The fraction of sp³-hybridized carbons (Fsp3) is 0.250. The van der Waals surface area contributed by atoms with Crippen molar-refractivity contribution in [3.05, 3.63) is 35.9 Å². The van der Waals surface area contributed by atoms with Crippen molar-refractivity contribution in [1.29, 1.82) is 0 Å². The van der Waals surface area contributed by atoms with E-state index in [0.29, 0.717) is 0 Å². The van der Waals surface area contributed by atoms with Crippen LogP contribution in [-0.2, 0) is 16.0 Å². The summed E-state index contributed by atoms with van der Waals surface area (Å²) < 4.78 is 0. The Morgan fingerprint density at radius 2 is 1.58 bits per heavy atom. The first kappa shape index (κ1) is 20.6. The van der Waals surface area contributed by atoms with Crippen molar-refractivity contribution >= 4 is 17.9 Å². The third-order valence-electron chi connectivity index (χ3n) is 2.07. The summed E-state index contributed by atoms with van der Waals surface area (Å²) in [6.07, 6.45) is -1.81. The molecule has 2 N–H and O–H groups in total. The molecule has 1 atom stereocenters. The molecule has 1 aromatic rings. The number of ketones is 1. The van der Waals surface area contributed by atoms with Crippen molar-refractivity contribution in [3.63, 3.8) is 0 Å². The molecule has 0 aliphatic rings. The normalized spacial score (nSPS) is 10.2. The number of carboxylic acid groups (broad SMARTS) is 3. The van der Waals surface area contributed by atoms with Gasteiger partial charge in [-0.2, -0.15) is 0 Å². The topological polar surface area (TPSA) is 115 Å². The van der Waals surface area contributed by atoms with Crippen molar-refractivity contribution in [2.45, 2.75) is 13.3 Å². The monoisotopic (exact) mass is 292 g/mol. The molecule has 1 unspecified atom stereocenters. The van der Waals surface area contributed by atoms with E-state index in [0.717, 1.165) is 5.56 Å². The van der Waals surface area contributed by atoms with Crippen LogP contribution < -0.4 is 56.5 Å². The molecule has 19 heavy (non-hydrogen) atoms. The smallest absolute Gasteiger partial charge is 0.565 e. The summed E-state index contributed by atoms with van der Waals surface area (Å²) in [5, 5.41) is 24.1. The minimum atomic E-state index is -2.08. The third-order valence-corrected chi connectivity index (χ3v) is 2.07. The molecule has 0 saturated heterocycles. The number of Topliss-reactive ketones (excluding diaryl/α,β-unsaturated/α-hetero) is 1. The zero-order valence-electron chi connectivity index (χ0n) is 10.7. The van der Waals surface area contributed by atoms with E-state index in [1.807, 2.05) is 30.3 Å². The molecule has 0 aliphatic carbocycles. The van der Waals surface area contributed by atoms with Crippen molar-refractivity contribution in [1.82, 2.24) is 0 Å². The fourth-order valence-electron chi connectivity index (χ4n) is 1.25. The van der Waals surface area contributed by atoms with Crippen LogP contribution >= 0.6 is 0 Å². The molecule has 0 amide bonds. The molecule has 1 rings (SSSR count). The van der Waals surface area contributed by atoms with Crippen LogP contribution in [0.25, 0.3) is 0 Å². The molecule has 0 saturated carbocycles. The minimum absolute atomic E-state index is 0. The van der Waals surface area contributed by atoms with Crippen LogP contribution in [0.5, 0.6) is 0 Å². The Morgan fingerprint density at radius 3 is 1.89 bits per heavy atom. The van der Waals surface area contributed by atoms with Crippen LogP contribution in [0.4, 0.5) is 4.79 Å². The Hall–Kier alpha value is -0.734. The molecule has 6 nitrogen and oxygen atoms in total. The van der Waals surface area contributed by atoms with Crippen LogP contribution in [0.2, 0.25) is 0 Å². The second-order valence-electron chi connectivity index (χ2n) is 3.46. The van der Waals surface area contributed by atoms with Crippen molar-refractivity contribution in [2.24, 2.45) is 5.92 Å². The molecular weight excluding hydrogens is 279 g/mol. The summed E-state index contributed by atoms with van der Waals surface area (Å²) in [5.41, 5.74) is 0.870. The van der Waals surface area contributed by atoms with E-state index < -0.39 is 18.0 Å². The average Bonchev–Trinajstić information content (AvgIpc) is 2.25. The van der Waals surface area contributed by atoms with Crippen molar-refractivity contribution in [3.8, 4) is 0 Å². The van der Waals surface area contributed by atoms with Gasteiger partial charge in [-0.3, -0.25) is 9.59 Å². The predicted octanol–water partition coefficient (Wildman–Crippen LogP) is -2.59. The Labute approximate surface area is 152 Å². The van der Waals surface area contributed by atoms with Gasteiger partial charge >= 0.3 is 57.4 Å². The van der Waals surface area contributed by atoms with Gasteiger partial charge in [0.2, 0.25) is 6.16 Å². The number of carboxylic acids is 1. The number of hydrogen-bond donors (Lipinski definition) is 2. The van der Waals surface area contributed by atoms with E-state index in [4.69, 9.17) is 20.1 Å². The van der Waals surface area contributed by atoms with Crippen LogP contribution in [0.1, 0.15) is 12.5 Å². The van der Waals surface area contributed by atoms with Crippen LogP contribution in [-0.4, -0.2) is 28.1 Å². The van der Waals surface area contributed by atoms with Gasteiger partial charge in [0.25, 0.3) is 0 Å². The number of rotatable bonds is 4. The number of carbonyl (C=O) groups is 3. The van der Waals surface area contributed by atoms with E-state index in [-0.39, 0.29) is 63.6 Å². The van der Waals surface area contributed by atoms with Gasteiger partial charge < -0.3 is 20.1 Å². The first-order valence-electron chi connectivity index (χ1n) is 5.01. The summed E-state index contributed by atoms with van der Waals surface area (Å²) in [6.45, 7) is 1.31. The molecule has 0 aliphatic heterocycles. The van der Waals surface area contributed by atoms with Gasteiger partial charge in [-0.15, -0.1) is 0 Å².